The van der Waals surface area contributed by atoms with Gasteiger partial charge in [-0.2, -0.15) is 0 Å². The molecule has 1 fully saturated rings. The number of ether oxygens (including phenoxy) is 2. The van der Waals surface area contributed by atoms with E-state index in [-0.39, 0.29) is 24.7 Å². The van der Waals surface area contributed by atoms with E-state index in [1.807, 2.05) is 60.7 Å². The highest BCUT2D eigenvalue weighted by atomic mass is 16.7. The van der Waals surface area contributed by atoms with Crippen molar-refractivity contribution < 1.29 is 19.4 Å². The topological polar surface area (TPSA) is 71.0 Å². The molecule has 7 rings (SSSR count). The van der Waals surface area contributed by atoms with Gasteiger partial charge in [0.15, 0.2) is 6.29 Å². The van der Waals surface area contributed by atoms with E-state index < -0.39 is 6.29 Å². The number of benzene rings is 6. The van der Waals surface area contributed by atoms with Gasteiger partial charge in [0, 0.05) is 43.7 Å². The minimum Gasteiger partial charge on any atom is -0.392 e. The Kier molecular flexibility index (Phi) is 11.6. The number of aliphatic hydroxyl groups excluding tert-OH is 1. The van der Waals surface area contributed by atoms with Crippen LogP contribution in [0.3, 0.4) is 0 Å². The van der Waals surface area contributed by atoms with Crippen LogP contribution in [0.1, 0.15) is 62.6 Å². The van der Waals surface area contributed by atoms with E-state index in [2.05, 4.69) is 113 Å². The molecule has 0 radical (unpaired) electrons. The van der Waals surface area contributed by atoms with Gasteiger partial charge in [-0.1, -0.05) is 140 Å². The van der Waals surface area contributed by atoms with Crippen LogP contribution in [-0.2, 0) is 35.7 Å². The average Bonchev–Trinajstić information content (AvgIpc) is 3.21. The summed E-state index contributed by atoms with van der Waals surface area (Å²) in [6.07, 6.45) is -0.170. The maximum atomic E-state index is 12.7. The fraction of sp³-hybridized carbons (Fsp3) is 0.196. The molecule has 0 aromatic heterocycles. The molecule has 0 aliphatic carbocycles. The van der Waals surface area contributed by atoms with Gasteiger partial charge >= 0.3 is 0 Å². The number of hydrogen-bond donors (Lipinski definition) is 2. The van der Waals surface area contributed by atoms with Crippen molar-refractivity contribution in [3.63, 3.8) is 0 Å². The molecule has 0 unspecified atom stereocenters. The van der Waals surface area contributed by atoms with Gasteiger partial charge in [0.25, 0.3) is 5.91 Å². The van der Waals surface area contributed by atoms with E-state index in [0.717, 1.165) is 53.0 Å². The second kappa shape index (κ2) is 17.2. The lowest BCUT2D eigenvalue weighted by atomic mass is 9.98. The highest BCUT2D eigenvalue weighted by molar-refractivity contribution is 5.94. The average molecular weight is 689 g/mol. The zero-order valence-electron chi connectivity index (χ0n) is 29.2. The number of hydrogen-bond acceptors (Lipinski definition) is 5. The van der Waals surface area contributed by atoms with Gasteiger partial charge in [0.2, 0.25) is 0 Å². The van der Waals surface area contributed by atoms with Gasteiger partial charge in [-0.25, -0.2) is 0 Å². The van der Waals surface area contributed by atoms with Crippen molar-refractivity contribution in [1.29, 1.82) is 0 Å². The molecule has 1 aliphatic rings. The number of carbonyl (C=O) groups is 1. The van der Waals surface area contributed by atoms with Gasteiger partial charge in [0.05, 0.1) is 18.8 Å². The van der Waals surface area contributed by atoms with Crippen LogP contribution >= 0.6 is 0 Å². The summed E-state index contributed by atoms with van der Waals surface area (Å²) in [4.78, 5) is 15.1. The third-order valence-electron chi connectivity index (χ3n) is 9.48. The molecular weight excluding hydrogens is 645 g/mol. The molecular formula is C46H44N2O4. The Morgan fingerprint density at radius 2 is 1.21 bits per heavy atom. The quantitative estimate of drug-likeness (QED) is 0.127. The first-order valence-electron chi connectivity index (χ1n) is 17.9. The highest BCUT2D eigenvalue weighted by Crippen LogP contribution is 2.39. The molecule has 0 spiro atoms. The van der Waals surface area contributed by atoms with Crippen molar-refractivity contribution in [2.24, 2.45) is 0 Å². The lowest BCUT2D eigenvalue weighted by Crippen LogP contribution is -2.39. The number of aliphatic hydroxyl groups is 1. The Morgan fingerprint density at radius 3 is 1.87 bits per heavy atom. The molecule has 6 aromatic carbocycles. The molecule has 6 aromatic rings. The number of nitrogens with one attached hydrogen (secondary N) is 1. The fourth-order valence-corrected chi connectivity index (χ4v) is 6.79. The summed E-state index contributed by atoms with van der Waals surface area (Å²) < 4.78 is 13.6. The predicted molar refractivity (Wildman–Crippen MR) is 205 cm³/mol. The SMILES string of the molecule is O=C(NCc1cccc(-c2cccc([C@@H]3O[C@H](CN(Cc4ccccc4)Cc4ccccc4)C[C@H](c4ccc(CO)cc4)O3)c2)c1)c1ccccc1. The Labute approximate surface area is 306 Å². The van der Waals surface area contributed by atoms with E-state index in [1.54, 1.807) is 0 Å². The van der Waals surface area contributed by atoms with Crippen LogP contribution in [0.5, 0.6) is 0 Å². The second-order valence-corrected chi connectivity index (χ2v) is 13.4. The van der Waals surface area contributed by atoms with Gasteiger partial charge in [-0.3, -0.25) is 9.69 Å². The first-order valence-corrected chi connectivity index (χ1v) is 17.9. The van der Waals surface area contributed by atoms with Crippen LogP contribution in [0, 0.1) is 0 Å². The maximum absolute atomic E-state index is 12.7. The molecule has 1 amide bonds. The number of amides is 1. The number of rotatable bonds is 13. The van der Waals surface area contributed by atoms with Crippen molar-refractivity contribution in [3.05, 3.63) is 203 Å². The standard InChI is InChI=1S/C46H44N2O4/c49-33-36-22-24-38(25-23-36)44-28-43(32-48(30-34-12-4-1-5-13-34)31-35-14-6-2-7-15-35)51-46(52-44)42-21-11-20-41(27-42)40-19-10-16-37(26-40)29-47-45(50)39-17-8-3-9-18-39/h1-27,43-44,46,49H,28-33H2,(H,47,50)/t43-,44+,46+/m0/s1. The Morgan fingerprint density at radius 1 is 0.615 bits per heavy atom. The summed E-state index contributed by atoms with van der Waals surface area (Å²) in [6, 6.07) is 55.1. The monoisotopic (exact) mass is 688 g/mol. The number of carbonyl (C=O) groups excluding carboxylic acids is 1. The lowest BCUT2D eigenvalue weighted by molar-refractivity contribution is -0.253. The molecule has 1 heterocycles. The Bertz CT molecular complexity index is 1980. The van der Waals surface area contributed by atoms with Gasteiger partial charge in [-0.15, -0.1) is 0 Å². The van der Waals surface area contributed by atoms with Crippen LogP contribution in [-0.4, -0.2) is 28.6 Å². The molecule has 0 bridgehead atoms. The zero-order valence-corrected chi connectivity index (χ0v) is 29.2. The van der Waals surface area contributed by atoms with Gasteiger partial charge < -0.3 is 19.9 Å². The van der Waals surface area contributed by atoms with Crippen LogP contribution in [0.4, 0.5) is 0 Å². The first-order chi connectivity index (χ1) is 25.6. The van der Waals surface area contributed by atoms with E-state index in [9.17, 15) is 9.90 Å². The minimum atomic E-state index is -0.579. The molecule has 1 saturated heterocycles. The normalized spacial score (nSPS) is 17.2. The summed E-state index contributed by atoms with van der Waals surface area (Å²) in [5.74, 6) is -0.0965. The van der Waals surface area contributed by atoms with Crippen LogP contribution in [0.15, 0.2) is 164 Å². The molecule has 262 valence electrons. The smallest absolute Gasteiger partial charge is 0.251 e. The number of nitrogens with zero attached hydrogens (tertiary/aromatic N) is 1. The minimum absolute atomic E-state index is 0.00147. The van der Waals surface area contributed by atoms with Crippen molar-refractivity contribution in [2.75, 3.05) is 6.54 Å². The molecule has 3 atom stereocenters. The molecule has 1 aliphatic heterocycles. The largest absolute Gasteiger partial charge is 0.392 e. The lowest BCUT2D eigenvalue weighted by Gasteiger charge is -2.38. The molecule has 52 heavy (non-hydrogen) atoms. The summed E-state index contributed by atoms with van der Waals surface area (Å²) in [5.41, 5.74) is 9.14. The van der Waals surface area contributed by atoms with Crippen molar-refractivity contribution in [2.45, 2.75) is 51.2 Å². The summed E-state index contributed by atoms with van der Waals surface area (Å²) in [7, 11) is 0. The van der Waals surface area contributed by atoms with Gasteiger partial charge in [0.1, 0.15) is 0 Å². The molecule has 6 heteroatoms. The van der Waals surface area contributed by atoms with Crippen LogP contribution in [0.2, 0.25) is 0 Å². The van der Waals surface area contributed by atoms with Crippen LogP contribution < -0.4 is 5.32 Å². The van der Waals surface area contributed by atoms with Crippen molar-refractivity contribution >= 4 is 5.91 Å². The zero-order chi connectivity index (χ0) is 35.5. The van der Waals surface area contributed by atoms with E-state index >= 15 is 0 Å². The van der Waals surface area contributed by atoms with Crippen LogP contribution in [0.25, 0.3) is 11.1 Å². The third-order valence-corrected chi connectivity index (χ3v) is 9.48. The third kappa shape index (κ3) is 9.29. The summed E-state index contributed by atoms with van der Waals surface area (Å²) >= 11 is 0. The highest BCUT2D eigenvalue weighted by Gasteiger charge is 2.33. The predicted octanol–water partition coefficient (Wildman–Crippen LogP) is 9.02. The van der Waals surface area contributed by atoms with E-state index in [4.69, 9.17) is 9.47 Å². The fourth-order valence-electron chi connectivity index (χ4n) is 6.79. The molecule has 6 nitrogen and oxygen atoms in total. The summed E-state index contributed by atoms with van der Waals surface area (Å²) in [5, 5.41) is 12.7. The molecule has 0 saturated carbocycles. The van der Waals surface area contributed by atoms with Crippen molar-refractivity contribution in [3.8, 4) is 11.1 Å². The van der Waals surface area contributed by atoms with Gasteiger partial charge in [-0.05, 0) is 63.2 Å². The van der Waals surface area contributed by atoms with E-state index in [0.29, 0.717) is 18.5 Å². The Hall–Kier alpha value is -5.37. The Balaban J connectivity index is 1.13. The summed E-state index contributed by atoms with van der Waals surface area (Å²) in [6.45, 7) is 2.76. The van der Waals surface area contributed by atoms with Crippen molar-refractivity contribution in [1.82, 2.24) is 10.2 Å². The molecule has 2 N–H and O–H groups in total. The second-order valence-electron chi connectivity index (χ2n) is 13.4. The first kappa shape index (κ1) is 35.1. The maximum Gasteiger partial charge on any atom is 0.251 e. The van der Waals surface area contributed by atoms with E-state index in [1.165, 1.54) is 11.1 Å².